The average molecular weight is 303 g/mol. The van der Waals surface area contributed by atoms with Gasteiger partial charge >= 0.3 is 5.97 Å². The summed E-state index contributed by atoms with van der Waals surface area (Å²) in [5, 5.41) is 13.1. The summed E-state index contributed by atoms with van der Waals surface area (Å²) in [5.41, 5.74) is 0. The molecule has 106 valence electrons. The van der Waals surface area contributed by atoms with Gasteiger partial charge in [0.1, 0.15) is 4.88 Å². The first-order valence-electron chi connectivity index (χ1n) is 5.79. The minimum atomic E-state index is -0.937. The number of nitrogens with one attached hydrogen (secondary N) is 1. The Labute approximate surface area is 120 Å². The molecule has 0 saturated carbocycles. The fourth-order valence-electron chi connectivity index (χ4n) is 1.32. The van der Waals surface area contributed by atoms with Crippen LogP contribution in [0.25, 0.3) is 0 Å². The molecule has 19 heavy (non-hydrogen) atoms. The van der Waals surface area contributed by atoms with Gasteiger partial charge in [0.15, 0.2) is 0 Å². The van der Waals surface area contributed by atoms with Gasteiger partial charge in [-0.15, -0.1) is 23.1 Å². The van der Waals surface area contributed by atoms with E-state index < -0.39 is 5.97 Å². The summed E-state index contributed by atoms with van der Waals surface area (Å²) in [4.78, 5) is 23.6. The third kappa shape index (κ3) is 5.63. The zero-order chi connectivity index (χ0) is 14.3. The van der Waals surface area contributed by atoms with Gasteiger partial charge in [-0.1, -0.05) is 0 Å². The van der Waals surface area contributed by atoms with Crippen LogP contribution in [0.5, 0.6) is 0 Å². The van der Waals surface area contributed by atoms with Crippen LogP contribution in [0.15, 0.2) is 16.3 Å². The molecule has 0 aliphatic heterocycles. The number of ether oxygens (including phenoxy) is 1. The zero-order valence-electron chi connectivity index (χ0n) is 10.8. The van der Waals surface area contributed by atoms with Crippen LogP contribution in [0, 0.1) is 0 Å². The topological polar surface area (TPSA) is 75.6 Å². The lowest BCUT2D eigenvalue weighted by Gasteiger charge is -2.10. The van der Waals surface area contributed by atoms with Gasteiger partial charge in [0.05, 0.1) is 5.25 Å². The van der Waals surface area contributed by atoms with Gasteiger partial charge < -0.3 is 15.2 Å². The van der Waals surface area contributed by atoms with E-state index in [1.54, 1.807) is 25.5 Å². The Bertz CT molecular complexity index is 433. The maximum absolute atomic E-state index is 11.8. The van der Waals surface area contributed by atoms with E-state index in [0.29, 0.717) is 13.2 Å². The largest absolute Gasteiger partial charge is 0.477 e. The maximum Gasteiger partial charge on any atom is 0.345 e. The molecule has 1 rings (SSSR count). The molecule has 1 aromatic heterocycles. The molecular weight excluding hydrogens is 286 g/mol. The molecule has 1 aromatic rings. The molecule has 1 amide bonds. The van der Waals surface area contributed by atoms with E-state index in [1.165, 1.54) is 23.1 Å². The molecule has 0 bridgehead atoms. The lowest BCUT2D eigenvalue weighted by molar-refractivity contribution is -0.120. The number of carbonyl (C=O) groups is 2. The Kier molecular flexibility index (Phi) is 6.90. The van der Waals surface area contributed by atoms with E-state index in [4.69, 9.17) is 9.84 Å². The van der Waals surface area contributed by atoms with Crippen molar-refractivity contribution in [1.82, 2.24) is 5.32 Å². The summed E-state index contributed by atoms with van der Waals surface area (Å²) >= 11 is 2.52. The Hall–Kier alpha value is -1.05. The highest BCUT2D eigenvalue weighted by Gasteiger charge is 2.15. The summed E-state index contributed by atoms with van der Waals surface area (Å²) in [6.45, 7) is 3.00. The van der Waals surface area contributed by atoms with E-state index in [0.717, 1.165) is 11.3 Å². The molecule has 1 atom stereocenters. The predicted octanol–water partition coefficient (Wildman–Crippen LogP) is 2.08. The fraction of sp³-hybridized carbons (Fsp3) is 0.500. The number of carboxylic acids is 1. The van der Waals surface area contributed by atoms with Crippen LogP contribution >= 0.6 is 23.1 Å². The number of amides is 1. The normalized spacial score (nSPS) is 12.1. The van der Waals surface area contributed by atoms with Crippen molar-refractivity contribution in [3.05, 3.63) is 16.3 Å². The lowest BCUT2D eigenvalue weighted by Crippen LogP contribution is -2.32. The van der Waals surface area contributed by atoms with Crippen LogP contribution in [0.1, 0.15) is 23.0 Å². The highest BCUT2D eigenvalue weighted by atomic mass is 32.2. The highest BCUT2D eigenvalue weighted by Crippen LogP contribution is 2.28. The number of carbonyl (C=O) groups excluding carboxylic acids is 1. The first-order valence-corrected chi connectivity index (χ1v) is 7.55. The third-order valence-corrected chi connectivity index (χ3v) is 4.44. The summed E-state index contributed by atoms with van der Waals surface area (Å²) < 4.78 is 4.89. The van der Waals surface area contributed by atoms with Gasteiger partial charge in [-0.25, -0.2) is 4.79 Å². The van der Waals surface area contributed by atoms with E-state index in [1.807, 2.05) is 0 Å². The second-order valence-electron chi connectivity index (χ2n) is 3.85. The number of methoxy groups -OCH3 is 1. The molecule has 0 spiro atoms. The van der Waals surface area contributed by atoms with Crippen molar-refractivity contribution >= 4 is 35.0 Å². The van der Waals surface area contributed by atoms with Gasteiger partial charge in [-0.3, -0.25) is 4.79 Å². The average Bonchev–Trinajstić information content (AvgIpc) is 2.83. The monoisotopic (exact) mass is 303 g/mol. The SMILES string of the molecule is COCCCNC(=O)C(C)Sc1csc(C(=O)O)c1. The van der Waals surface area contributed by atoms with E-state index in [2.05, 4.69) is 5.32 Å². The number of carboxylic acid groups (broad SMARTS) is 1. The molecule has 2 N–H and O–H groups in total. The highest BCUT2D eigenvalue weighted by molar-refractivity contribution is 8.00. The standard InChI is InChI=1S/C12H17NO4S2/c1-8(11(14)13-4-3-5-17-2)19-9-6-10(12(15)16)18-7-9/h6-8H,3-5H2,1-2H3,(H,13,14)(H,15,16). The van der Waals surface area contributed by atoms with Gasteiger partial charge in [0, 0.05) is 30.5 Å². The number of hydrogen-bond donors (Lipinski definition) is 2. The molecule has 5 nitrogen and oxygen atoms in total. The van der Waals surface area contributed by atoms with Gasteiger partial charge in [0.2, 0.25) is 5.91 Å². The van der Waals surface area contributed by atoms with Crippen molar-refractivity contribution in [3.8, 4) is 0 Å². The number of aromatic carboxylic acids is 1. The van der Waals surface area contributed by atoms with Crippen LogP contribution in [0.3, 0.4) is 0 Å². The van der Waals surface area contributed by atoms with E-state index in [9.17, 15) is 9.59 Å². The van der Waals surface area contributed by atoms with Crippen molar-refractivity contribution in [2.45, 2.75) is 23.5 Å². The van der Waals surface area contributed by atoms with Gasteiger partial charge in [-0.05, 0) is 19.4 Å². The van der Waals surface area contributed by atoms with Gasteiger partial charge in [-0.2, -0.15) is 0 Å². The molecule has 1 heterocycles. The fourth-order valence-corrected chi connectivity index (χ4v) is 3.15. The second-order valence-corrected chi connectivity index (χ2v) is 6.17. The first-order chi connectivity index (χ1) is 9.04. The quantitative estimate of drug-likeness (QED) is 0.568. The minimum absolute atomic E-state index is 0.0517. The number of hydrogen-bond acceptors (Lipinski definition) is 5. The summed E-state index contributed by atoms with van der Waals surface area (Å²) in [6, 6.07) is 1.59. The molecule has 0 radical (unpaired) electrons. The number of thiophene rings is 1. The minimum Gasteiger partial charge on any atom is -0.477 e. The predicted molar refractivity (Wildman–Crippen MR) is 76.1 cm³/mol. The lowest BCUT2D eigenvalue weighted by atomic mass is 10.4. The molecule has 0 fully saturated rings. The van der Waals surface area contributed by atoms with Crippen molar-refractivity contribution in [2.24, 2.45) is 0 Å². The Morgan fingerprint density at radius 1 is 1.58 bits per heavy atom. The molecule has 0 aliphatic carbocycles. The molecular formula is C12H17NO4S2. The summed E-state index contributed by atoms with van der Waals surface area (Å²) in [6.07, 6.45) is 0.779. The molecule has 0 saturated heterocycles. The third-order valence-electron chi connectivity index (χ3n) is 2.29. The Balaban J connectivity index is 2.38. The van der Waals surface area contributed by atoms with Crippen molar-refractivity contribution in [2.75, 3.05) is 20.3 Å². The Morgan fingerprint density at radius 2 is 2.32 bits per heavy atom. The van der Waals surface area contributed by atoms with Crippen LogP contribution in [-0.4, -0.2) is 42.5 Å². The second kappa shape index (κ2) is 8.19. The van der Waals surface area contributed by atoms with Crippen LogP contribution in [0.4, 0.5) is 0 Å². The van der Waals surface area contributed by atoms with Crippen molar-refractivity contribution < 1.29 is 19.4 Å². The van der Waals surface area contributed by atoms with Gasteiger partial charge in [0.25, 0.3) is 0 Å². The molecule has 0 aliphatic rings. The smallest absolute Gasteiger partial charge is 0.345 e. The molecule has 0 aromatic carbocycles. The van der Waals surface area contributed by atoms with E-state index in [-0.39, 0.29) is 16.0 Å². The zero-order valence-corrected chi connectivity index (χ0v) is 12.5. The summed E-state index contributed by atoms with van der Waals surface area (Å²) in [7, 11) is 1.62. The van der Waals surface area contributed by atoms with Crippen LogP contribution < -0.4 is 5.32 Å². The summed E-state index contributed by atoms with van der Waals surface area (Å²) in [5.74, 6) is -0.988. The van der Waals surface area contributed by atoms with Crippen LogP contribution in [-0.2, 0) is 9.53 Å². The van der Waals surface area contributed by atoms with E-state index >= 15 is 0 Å². The van der Waals surface area contributed by atoms with Crippen LogP contribution in [0.2, 0.25) is 0 Å². The van der Waals surface area contributed by atoms with Crippen molar-refractivity contribution in [1.29, 1.82) is 0 Å². The Morgan fingerprint density at radius 3 is 2.89 bits per heavy atom. The number of thioether (sulfide) groups is 1. The van der Waals surface area contributed by atoms with Crippen molar-refractivity contribution in [3.63, 3.8) is 0 Å². The molecule has 1 unspecified atom stereocenters. The maximum atomic E-state index is 11.8. The number of rotatable bonds is 8. The first kappa shape index (κ1) is 16.0. The molecule has 7 heteroatoms.